The Hall–Kier alpha value is -3.67. The van der Waals surface area contributed by atoms with Gasteiger partial charge in [0.15, 0.2) is 5.65 Å². The van der Waals surface area contributed by atoms with Gasteiger partial charge in [-0.1, -0.05) is 31.2 Å². The Morgan fingerprint density at radius 1 is 1.07 bits per heavy atom. The molecule has 6 nitrogen and oxygen atoms in total. The van der Waals surface area contributed by atoms with E-state index in [1.807, 2.05) is 55.5 Å². The van der Waals surface area contributed by atoms with Crippen molar-refractivity contribution in [2.45, 2.75) is 26.8 Å². The maximum Gasteiger partial charge on any atom is 0.280 e. The zero-order chi connectivity index (χ0) is 20.4. The number of nitrogens with zero attached hydrogens (tertiary/aromatic N) is 3. The third-order valence-corrected chi connectivity index (χ3v) is 4.88. The molecule has 29 heavy (non-hydrogen) atoms. The van der Waals surface area contributed by atoms with Gasteiger partial charge in [-0.2, -0.15) is 0 Å². The summed E-state index contributed by atoms with van der Waals surface area (Å²) in [7, 11) is 0. The molecule has 0 aliphatic rings. The molecule has 2 aromatic carbocycles. The summed E-state index contributed by atoms with van der Waals surface area (Å²) in [5.74, 6) is -0.225. The van der Waals surface area contributed by atoms with Gasteiger partial charge in [-0.25, -0.2) is 9.67 Å². The van der Waals surface area contributed by atoms with E-state index in [-0.39, 0.29) is 18.0 Å². The molecule has 2 aromatic heterocycles. The van der Waals surface area contributed by atoms with E-state index in [1.165, 1.54) is 10.2 Å². The van der Waals surface area contributed by atoms with Crippen molar-refractivity contribution in [2.75, 3.05) is 5.32 Å². The van der Waals surface area contributed by atoms with Crippen molar-refractivity contribution < 1.29 is 4.79 Å². The van der Waals surface area contributed by atoms with Gasteiger partial charge in [-0.15, -0.1) is 0 Å². The van der Waals surface area contributed by atoms with Crippen molar-refractivity contribution in [3.8, 4) is 5.69 Å². The third-order valence-electron chi connectivity index (χ3n) is 4.88. The summed E-state index contributed by atoms with van der Waals surface area (Å²) < 4.78 is 3.15. The molecule has 0 radical (unpaired) electrons. The number of amides is 1. The summed E-state index contributed by atoms with van der Waals surface area (Å²) >= 11 is 0. The number of benzene rings is 2. The van der Waals surface area contributed by atoms with Crippen LogP contribution in [0.3, 0.4) is 0 Å². The largest absolute Gasteiger partial charge is 0.324 e. The Kier molecular flexibility index (Phi) is 4.99. The number of hydrogen-bond donors (Lipinski definition) is 1. The summed E-state index contributed by atoms with van der Waals surface area (Å²) in [6.45, 7) is 4.02. The minimum Gasteiger partial charge on any atom is -0.324 e. The molecule has 0 fully saturated rings. The molecule has 146 valence electrons. The SMILES string of the molecule is CCc1ccc(-n2c(=O)c3cccnc3n2CC(=O)Nc2cccc(C)c2)cc1. The van der Waals surface area contributed by atoms with E-state index in [0.29, 0.717) is 16.7 Å². The van der Waals surface area contributed by atoms with Crippen molar-refractivity contribution in [1.82, 2.24) is 14.3 Å². The molecule has 4 aromatic rings. The summed E-state index contributed by atoms with van der Waals surface area (Å²) in [4.78, 5) is 30.2. The van der Waals surface area contributed by atoms with Crippen LogP contribution in [0.25, 0.3) is 16.7 Å². The van der Waals surface area contributed by atoms with Crippen LogP contribution in [0, 0.1) is 6.92 Å². The number of nitrogens with one attached hydrogen (secondary N) is 1. The average Bonchev–Trinajstić information content (AvgIpc) is 3.00. The molecule has 0 aliphatic carbocycles. The predicted octanol–water partition coefficient (Wildman–Crippen LogP) is 3.70. The van der Waals surface area contributed by atoms with E-state index in [2.05, 4.69) is 17.2 Å². The maximum absolute atomic E-state index is 13.1. The normalized spacial score (nSPS) is 11.0. The summed E-state index contributed by atoms with van der Waals surface area (Å²) in [5.41, 5.74) is 3.95. The lowest BCUT2D eigenvalue weighted by Crippen LogP contribution is -2.27. The monoisotopic (exact) mass is 386 g/mol. The second kappa shape index (κ2) is 7.75. The lowest BCUT2D eigenvalue weighted by molar-refractivity contribution is -0.116. The fraction of sp³-hybridized carbons (Fsp3) is 0.174. The number of aromatic nitrogens is 3. The van der Waals surface area contributed by atoms with Crippen LogP contribution >= 0.6 is 0 Å². The lowest BCUT2D eigenvalue weighted by Gasteiger charge is -2.13. The highest BCUT2D eigenvalue weighted by atomic mass is 16.2. The van der Waals surface area contributed by atoms with Crippen LogP contribution in [0.1, 0.15) is 18.1 Å². The summed E-state index contributed by atoms with van der Waals surface area (Å²) in [6, 6.07) is 18.8. The maximum atomic E-state index is 13.1. The van der Waals surface area contributed by atoms with E-state index >= 15 is 0 Å². The molecular weight excluding hydrogens is 364 g/mol. The van der Waals surface area contributed by atoms with Crippen LogP contribution in [0.15, 0.2) is 71.7 Å². The Bertz CT molecular complexity index is 1240. The predicted molar refractivity (Wildman–Crippen MR) is 115 cm³/mol. The van der Waals surface area contributed by atoms with E-state index in [9.17, 15) is 9.59 Å². The van der Waals surface area contributed by atoms with Gasteiger partial charge in [-0.05, 0) is 60.9 Å². The zero-order valence-corrected chi connectivity index (χ0v) is 16.4. The highest BCUT2D eigenvalue weighted by Crippen LogP contribution is 2.15. The number of aryl methyl sites for hydroxylation is 2. The average molecular weight is 386 g/mol. The van der Waals surface area contributed by atoms with E-state index in [0.717, 1.165) is 17.7 Å². The van der Waals surface area contributed by atoms with E-state index < -0.39 is 0 Å². The van der Waals surface area contributed by atoms with E-state index in [1.54, 1.807) is 23.0 Å². The Morgan fingerprint density at radius 3 is 2.59 bits per heavy atom. The van der Waals surface area contributed by atoms with E-state index in [4.69, 9.17) is 0 Å². The van der Waals surface area contributed by atoms with Crippen LogP contribution in [0.5, 0.6) is 0 Å². The molecule has 0 spiro atoms. The molecule has 0 saturated carbocycles. The number of carbonyl (C=O) groups is 1. The fourth-order valence-corrected chi connectivity index (χ4v) is 3.42. The molecule has 4 rings (SSSR count). The van der Waals surface area contributed by atoms with Gasteiger partial charge in [0.2, 0.25) is 5.91 Å². The second-order valence-corrected chi connectivity index (χ2v) is 6.99. The molecule has 0 unspecified atom stereocenters. The number of fused-ring (bicyclic) bond motifs is 1. The van der Waals surface area contributed by atoms with Gasteiger partial charge in [0, 0.05) is 11.9 Å². The molecule has 0 aliphatic heterocycles. The number of rotatable bonds is 5. The number of pyridine rings is 1. The smallest absolute Gasteiger partial charge is 0.280 e. The first-order valence-corrected chi connectivity index (χ1v) is 9.59. The molecule has 2 heterocycles. The lowest BCUT2D eigenvalue weighted by atomic mass is 10.1. The summed E-state index contributed by atoms with van der Waals surface area (Å²) in [5, 5.41) is 3.38. The molecule has 0 bridgehead atoms. The zero-order valence-electron chi connectivity index (χ0n) is 16.4. The van der Waals surface area contributed by atoms with Crippen molar-refractivity contribution in [3.05, 3.63) is 88.3 Å². The molecule has 1 N–H and O–H groups in total. The molecule has 0 saturated heterocycles. The first-order valence-electron chi connectivity index (χ1n) is 9.59. The van der Waals surface area contributed by atoms with Gasteiger partial charge in [-0.3, -0.25) is 14.3 Å². The second-order valence-electron chi connectivity index (χ2n) is 6.99. The number of anilines is 1. The van der Waals surface area contributed by atoms with Gasteiger partial charge in [0.05, 0.1) is 11.1 Å². The third kappa shape index (κ3) is 3.69. The van der Waals surface area contributed by atoms with Crippen LogP contribution in [0.4, 0.5) is 5.69 Å². The highest BCUT2D eigenvalue weighted by molar-refractivity contribution is 5.91. The molecular formula is C23H22N4O2. The first kappa shape index (κ1) is 18.7. The van der Waals surface area contributed by atoms with Crippen LogP contribution in [-0.4, -0.2) is 20.3 Å². The van der Waals surface area contributed by atoms with Crippen LogP contribution < -0.4 is 10.9 Å². The van der Waals surface area contributed by atoms with Crippen molar-refractivity contribution in [3.63, 3.8) is 0 Å². The van der Waals surface area contributed by atoms with Gasteiger partial charge in [0.25, 0.3) is 5.56 Å². The Labute approximate surface area is 168 Å². The quantitative estimate of drug-likeness (QED) is 0.569. The van der Waals surface area contributed by atoms with Crippen molar-refractivity contribution >= 4 is 22.6 Å². The number of hydrogen-bond acceptors (Lipinski definition) is 3. The molecule has 1 amide bonds. The van der Waals surface area contributed by atoms with Crippen LogP contribution in [-0.2, 0) is 17.8 Å². The van der Waals surface area contributed by atoms with Crippen molar-refractivity contribution in [1.29, 1.82) is 0 Å². The molecule has 6 heteroatoms. The topological polar surface area (TPSA) is 68.9 Å². The Balaban J connectivity index is 1.76. The minimum absolute atomic E-state index is 0.0285. The Morgan fingerprint density at radius 2 is 1.86 bits per heavy atom. The van der Waals surface area contributed by atoms with Gasteiger partial charge < -0.3 is 5.32 Å². The van der Waals surface area contributed by atoms with Crippen LogP contribution in [0.2, 0.25) is 0 Å². The van der Waals surface area contributed by atoms with Crippen molar-refractivity contribution in [2.24, 2.45) is 0 Å². The van der Waals surface area contributed by atoms with Gasteiger partial charge >= 0.3 is 0 Å². The fourth-order valence-electron chi connectivity index (χ4n) is 3.42. The van der Waals surface area contributed by atoms with Gasteiger partial charge in [0.1, 0.15) is 6.54 Å². The molecule has 0 atom stereocenters. The number of carbonyl (C=O) groups excluding carboxylic acids is 1. The minimum atomic E-state index is -0.225. The highest BCUT2D eigenvalue weighted by Gasteiger charge is 2.18. The first-order chi connectivity index (χ1) is 14.1. The standard InChI is InChI=1S/C23H22N4O2/c1-3-17-9-11-19(12-10-17)27-23(29)20-8-5-13-24-22(20)26(27)15-21(28)25-18-7-4-6-16(2)14-18/h4-14H,3,15H2,1-2H3,(H,25,28). The summed E-state index contributed by atoms with van der Waals surface area (Å²) in [6.07, 6.45) is 2.54.